The first-order valence-corrected chi connectivity index (χ1v) is 8.27. The van der Waals surface area contributed by atoms with Gasteiger partial charge in [-0.1, -0.05) is 42.5 Å². The van der Waals surface area contributed by atoms with Crippen molar-refractivity contribution in [3.63, 3.8) is 0 Å². The lowest BCUT2D eigenvalue weighted by Crippen LogP contribution is -2.25. The Morgan fingerprint density at radius 3 is 2.56 bits per heavy atom. The van der Waals surface area contributed by atoms with Crippen molar-refractivity contribution in [1.29, 1.82) is 0 Å². The van der Waals surface area contributed by atoms with Crippen LogP contribution in [0.4, 0.5) is 13.2 Å². The molecule has 0 bridgehead atoms. The van der Waals surface area contributed by atoms with Crippen LogP contribution in [-0.2, 0) is 23.9 Å². The average Bonchev–Trinajstić information content (AvgIpc) is 2.65. The monoisotopic (exact) mass is 382 g/mol. The SMILES string of the molecule is CN(Cc1cccc(C(F)(F)F)c1)C(O)c1ccccc1CCC(=O)NO. The first kappa shape index (κ1) is 20.9. The second-order valence-electron chi connectivity index (χ2n) is 6.22. The van der Waals surface area contributed by atoms with E-state index in [4.69, 9.17) is 5.21 Å². The fraction of sp³-hybridized carbons (Fsp3) is 0.316. The number of hydroxylamine groups is 1. The Hall–Kier alpha value is -2.42. The van der Waals surface area contributed by atoms with Crippen molar-refractivity contribution in [3.05, 3.63) is 70.8 Å². The minimum absolute atomic E-state index is 0.0393. The first-order chi connectivity index (χ1) is 12.7. The van der Waals surface area contributed by atoms with Gasteiger partial charge in [-0.3, -0.25) is 14.9 Å². The van der Waals surface area contributed by atoms with E-state index in [-0.39, 0.29) is 13.0 Å². The van der Waals surface area contributed by atoms with Gasteiger partial charge in [-0.25, -0.2) is 5.48 Å². The van der Waals surface area contributed by atoms with E-state index in [1.807, 2.05) is 0 Å². The number of aliphatic hydroxyl groups is 1. The summed E-state index contributed by atoms with van der Waals surface area (Å²) in [5.41, 5.74) is 2.50. The maximum Gasteiger partial charge on any atom is 0.416 e. The molecule has 0 aliphatic rings. The highest BCUT2D eigenvalue weighted by atomic mass is 19.4. The Bertz CT molecular complexity index is 781. The number of nitrogens with one attached hydrogen (secondary N) is 1. The lowest BCUT2D eigenvalue weighted by atomic mass is 10.0. The van der Waals surface area contributed by atoms with Crippen LogP contribution in [0.5, 0.6) is 0 Å². The third-order valence-electron chi connectivity index (χ3n) is 4.18. The molecule has 0 saturated carbocycles. The molecule has 0 aliphatic heterocycles. The maximum atomic E-state index is 12.8. The van der Waals surface area contributed by atoms with Gasteiger partial charge in [0.05, 0.1) is 5.56 Å². The van der Waals surface area contributed by atoms with Crippen molar-refractivity contribution in [2.45, 2.75) is 31.8 Å². The molecule has 2 aromatic rings. The molecule has 146 valence electrons. The number of aliphatic hydroxyl groups excluding tert-OH is 1. The van der Waals surface area contributed by atoms with E-state index in [1.165, 1.54) is 11.0 Å². The summed E-state index contributed by atoms with van der Waals surface area (Å²) in [6, 6.07) is 11.9. The van der Waals surface area contributed by atoms with Crippen LogP contribution in [0.1, 0.15) is 34.9 Å². The zero-order valence-electron chi connectivity index (χ0n) is 14.7. The molecule has 0 aliphatic carbocycles. The number of carbonyl (C=O) groups excluding carboxylic acids is 1. The third kappa shape index (κ3) is 5.78. The fourth-order valence-corrected chi connectivity index (χ4v) is 2.78. The summed E-state index contributed by atoms with van der Waals surface area (Å²) in [5, 5.41) is 19.2. The summed E-state index contributed by atoms with van der Waals surface area (Å²) in [7, 11) is 1.60. The molecule has 5 nitrogen and oxygen atoms in total. The summed E-state index contributed by atoms with van der Waals surface area (Å²) < 4.78 is 38.5. The Morgan fingerprint density at radius 1 is 1.19 bits per heavy atom. The number of hydrogen-bond acceptors (Lipinski definition) is 4. The predicted octanol–water partition coefficient (Wildman–Crippen LogP) is 3.27. The molecule has 27 heavy (non-hydrogen) atoms. The summed E-state index contributed by atoms with van der Waals surface area (Å²) in [5.74, 6) is -0.545. The zero-order chi connectivity index (χ0) is 20.0. The Balaban J connectivity index is 2.14. The van der Waals surface area contributed by atoms with Gasteiger partial charge in [0.2, 0.25) is 5.91 Å². The molecule has 1 atom stereocenters. The van der Waals surface area contributed by atoms with Gasteiger partial charge in [0.1, 0.15) is 6.23 Å². The van der Waals surface area contributed by atoms with Crippen molar-refractivity contribution >= 4 is 5.91 Å². The van der Waals surface area contributed by atoms with E-state index in [2.05, 4.69) is 0 Å². The van der Waals surface area contributed by atoms with Gasteiger partial charge in [-0.2, -0.15) is 13.2 Å². The third-order valence-corrected chi connectivity index (χ3v) is 4.18. The van der Waals surface area contributed by atoms with Gasteiger partial charge in [-0.05, 0) is 36.2 Å². The predicted molar refractivity (Wildman–Crippen MR) is 92.6 cm³/mol. The normalized spacial score (nSPS) is 12.9. The zero-order valence-corrected chi connectivity index (χ0v) is 14.7. The highest BCUT2D eigenvalue weighted by Crippen LogP contribution is 2.30. The summed E-state index contributed by atoms with van der Waals surface area (Å²) >= 11 is 0. The highest BCUT2D eigenvalue weighted by molar-refractivity contribution is 5.74. The van der Waals surface area contributed by atoms with Crippen molar-refractivity contribution in [2.24, 2.45) is 0 Å². The molecule has 0 fully saturated rings. The van der Waals surface area contributed by atoms with Crippen molar-refractivity contribution < 1.29 is 28.3 Å². The second-order valence-corrected chi connectivity index (χ2v) is 6.22. The summed E-state index contributed by atoms with van der Waals surface area (Å²) in [4.78, 5) is 12.7. The van der Waals surface area contributed by atoms with E-state index < -0.39 is 23.9 Å². The van der Waals surface area contributed by atoms with Crippen molar-refractivity contribution in [1.82, 2.24) is 10.4 Å². The number of halogens is 3. The Morgan fingerprint density at radius 2 is 1.89 bits per heavy atom. The minimum Gasteiger partial charge on any atom is -0.374 e. The van der Waals surface area contributed by atoms with Crippen LogP contribution in [0.3, 0.4) is 0 Å². The van der Waals surface area contributed by atoms with Crippen molar-refractivity contribution in [3.8, 4) is 0 Å². The lowest BCUT2D eigenvalue weighted by Gasteiger charge is -2.26. The van der Waals surface area contributed by atoms with Gasteiger partial charge in [0, 0.05) is 13.0 Å². The number of carbonyl (C=O) groups is 1. The smallest absolute Gasteiger partial charge is 0.374 e. The first-order valence-electron chi connectivity index (χ1n) is 8.27. The largest absolute Gasteiger partial charge is 0.416 e. The summed E-state index contributed by atoms with van der Waals surface area (Å²) in [6.07, 6.45) is -5.14. The number of nitrogens with zero attached hydrogens (tertiary/aromatic N) is 1. The molecular weight excluding hydrogens is 361 g/mol. The molecule has 0 radical (unpaired) electrons. The van der Waals surface area contributed by atoms with Crippen LogP contribution in [0.25, 0.3) is 0 Å². The lowest BCUT2D eigenvalue weighted by molar-refractivity contribution is -0.137. The molecule has 1 unspecified atom stereocenters. The second kappa shape index (κ2) is 8.98. The quantitative estimate of drug-likeness (QED) is 0.390. The minimum atomic E-state index is -4.42. The van der Waals surface area contributed by atoms with E-state index in [1.54, 1.807) is 42.9 Å². The number of aryl methyl sites for hydroxylation is 1. The maximum absolute atomic E-state index is 12.8. The molecule has 8 heteroatoms. The van der Waals surface area contributed by atoms with Crippen LogP contribution in [-0.4, -0.2) is 28.2 Å². The van der Waals surface area contributed by atoms with E-state index >= 15 is 0 Å². The van der Waals surface area contributed by atoms with E-state index in [0.29, 0.717) is 23.1 Å². The molecule has 3 N–H and O–H groups in total. The van der Waals surface area contributed by atoms with Crippen LogP contribution in [0.15, 0.2) is 48.5 Å². The molecule has 0 heterocycles. The van der Waals surface area contributed by atoms with E-state index in [9.17, 15) is 23.1 Å². The molecule has 0 spiro atoms. The number of benzene rings is 2. The Kier molecular flexibility index (Phi) is 6.95. The molecule has 0 saturated heterocycles. The average molecular weight is 382 g/mol. The van der Waals surface area contributed by atoms with Crippen LogP contribution >= 0.6 is 0 Å². The van der Waals surface area contributed by atoms with Gasteiger partial charge in [-0.15, -0.1) is 0 Å². The highest BCUT2D eigenvalue weighted by Gasteiger charge is 2.30. The number of alkyl halides is 3. The van der Waals surface area contributed by atoms with Gasteiger partial charge in [0.25, 0.3) is 0 Å². The molecule has 1 amide bonds. The van der Waals surface area contributed by atoms with Crippen LogP contribution < -0.4 is 5.48 Å². The Labute approximate surface area is 155 Å². The molecular formula is C19H21F3N2O3. The van der Waals surface area contributed by atoms with Gasteiger partial charge < -0.3 is 5.11 Å². The number of amides is 1. The van der Waals surface area contributed by atoms with Crippen LogP contribution in [0, 0.1) is 0 Å². The summed E-state index contributed by atoms with van der Waals surface area (Å²) in [6.45, 7) is 0.108. The topological polar surface area (TPSA) is 72.8 Å². The van der Waals surface area contributed by atoms with Crippen molar-refractivity contribution in [2.75, 3.05) is 7.05 Å². The molecule has 2 aromatic carbocycles. The number of rotatable bonds is 7. The van der Waals surface area contributed by atoms with E-state index in [0.717, 1.165) is 12.1 Å². The number of hydrogen-bond donors (Lipinski definition) is 3. The molecule has 2 rings (SSSR count). The molecule has 0 aromatic heterocycles. The standard InChI is InChI=1S/C19H21F3N2O3/c1-24(12-13-5-4-7-15(11-13)19(20,21)22)18(26)16-8-3-2-6-14(16)9-10-17(25)23-27/h2-8,11,18,26-27H,9-10,12H2,1H3,(H,23,25). The van der Waals surface area contributed by atoms with Gasteiger partial charge >= 0.3 is 6.18 Å². The fourth-order valence-electron chi connectivity index (χ4n) is 2.78. The van der Waals surface area contributed by atoms with Crippen LogP contribution in [0.2, 0.25) is 0 Å². The van der Waals surface area contributed by atoms with Gasteiger partial charge in [0.15, 0.2) is 0 Å².